The summed E-state index contributed by atoms with van der Waals surface area (Å²) in [7, 11) is 1.76. The number of nitrogens with zero attached hydrogens (tertiary/aromatic N) is 1. The summed E-state index contributed by atoms with van der Waals surface area (Å²) in [6.07, 6.45) is 0. The fourth-order valence-electron chi connectivity index (χ4n) is 2.98. The van der Waals surface area contributed by atoms with E-state index in [-0.39, 0.29) is 24.9 Å². The second-order valence-corrected chi connectivity index (χ2v) is 6.91. The maximum atomic E-state index is 12.3. The van der Waals surface area contributed by atoms with E-state index in [4.69, 9.17) is 0 Å². The van der Waals surface area contributed by atoms with Gasteiger partial charge in [0.15, 0.2) is 0 Å². The topological polar surface area (TPSA) is 61.4 Å². The Balaban J connectivity index is 1.88. The van der Waals surface area contributed by atoms with Crippen LogP contribution in [0.25, 0.3) is 0 Å². The number of para-hydroxylation sites is 1. The first-order valence-electron chi connectivity index (χ1n) is 8.67. The molecule has 0 radical (unpaired) electrons. The van der Waals surface area contributed by atoms with Crippen LogP contribution in [0.1, 0.15) is 22.3 Å². The molecule has 0 bridgehead atoms. The predicted octanol–water partition coefficient (Wildman–Crippen LogP) is 3.43. The average molecular weight is 353 g/mol. The molecule has 0 atom stereocenters. The van der Waals surface area contributed by atoms with Crippen molar-refractivity contribution in [2.24, 2.45) is 0 Å². The second-order valence-electron chi connectivity index (χ2n) is 6.91. The van der Waals surface area contributed by atoms with Crippen molar-refractivity contribution in [3.63, 3.8) is 0 Å². The molecule has 0 aliphatic carbocycles. The van der Waals surface area contributed by atoms with Gasteiger partial charge in [0.2, 0.25) is 11.8 Å². The number of rotatable bonds is 6. The molecule has 5 heteroatoms. The Labute approximate surface area is 155 Å². The van der Waals surface area contributed by atoms with Crippen LogP contribution in [0.2, 0.25) is 0 Å². The summed E-state index contributed by atoms with van der Waals surface area (Å²) >= 11 is 0. The molecule has 2 amide bonds. The zero-order valence-electron chi connectivity index (χ0n) is 16.1. The number of likely N-dealkylation sites (N-methyl/N-ethyl adjacent to an activating group) is 1. The molecule has 0 fully saturated rings. The summed E-state index contributed by atoms with van der Waals surface area (Å²) < 4.78 is 0. The Morgan fingerprint density at radius 3 is 1.88 bits per heavy atom. The summed E-state index contributed by atoms with van der Waals surface area (Å²) in [5.74, 6) is -0.276. The molecule has 0 unspecified atom stereocenters. The van der Waals surface area contributed by atoms with Crippen LogP contribution in [-0.2, 0) is 9.59 Å². The van der Waals surface area contributed by atoms with Gasteiger partial charge in [-0.2, -0.15) is 0 Å². The largest absolute Gasteiger partial charge is 0.325 e. The number of carbonyl (C=O) groups is 2. The van der Waals surface area contributed by atoms with E-state index in [9.17, 15) is 9.59 Å². The molecule has 0 spiro atoms. The average Bonchev–Trinajstić information content (AvgIpc) is 2.49. The van der Waals surface area contributed by atoms with Gasteiger partial charge in [-0.3, -0.25) is 14.5 Å². The molecule has 0 aliphatic heterocycles. The molecule has 138 valence electrons. The highest BCUT2D eigenvalue weighted by molar-refractivity contribution is 5.95. The molecular formula is C21H27N3O2. The maximum Gasteiger partial charge on any atom is 0.238 e. The number of aryl methyl sites for hydroxylation is 4. The van der Waals surface area contributed by atoms with Gasteiger partial charge in [-0.15, -0.1) is 0 Å². The van der Waals surface area contributed by atoms with Gasteiger partial charge in [0, 0.05) is 11.4 Å². The summed E-state index contributed by atoms with van der Waals surface area (Å²) in [6, 6.07) is 11.8. The van der Waals surface area contributed by atoms with Gasteiger partial charge in [-0.1, -0.05) is 24.3 Å². The lowest BCUT2D eigenvalue weighted by Crippen LogP contribution is -2.36. The lowest BCUT2D eigenvalue weighted by atomic mass is 10.1. The molecule has 0 aliphatic rings. The highest BCUT2D eigenvalue weighted by atomic mass is 16.2. The van der Waals surface area contributed by atoms with Crippen LogP contribution in [0.3, 0.4) is 0 Å². The first-order valence-corrected chi connectivity index (χ1v) is 8.67. The summed E-state index contributed by atoms with van der Waals surface area (Å²) in [5.41, 5.74) is 5.86. The quantitative estimate of drug-likeness (QED) is 0.836. The number of anilines is 2. The van der Waals surface area contributed by atoms with Crippen LogP contribution in [0, 0.1) is 27.7 Å². The van der Waals surface area contributed by atoms with Gasteiger partial charge in [0.25, 0.3) is 0 Å². The molecule has 2 aromatic carbocycles. The molecule has 26 heavy (non-hydrogen) atoms. The highest BCUT2D eigenvalue weighted by Gasteiger charge is 2.13. The van der Waals surface area contributed by atoms with Gasteiger partial charge in [-0.05, 0) is 69.1 Å². The van der Waals surface area contributed by atoms with E-state index in [0.717, 1.165) is 33.6 Å². The van der Waals surface area contributed by atoms with Crippen molar-refractivity contribution in [2.75, 3.05) is 30.8 Å². The third-order valence-corrected chi connectivity index (χ3v) is 4.08. The molecule has 0 saturated heterocycles. The summed E-state index contributed by atoms with van der Waals surface area (Å²) in [6.45, 7) is 8.20. The van der Waals surface area contributed by atoms with Crippen molar-refractivity contribution in [3.8, 4) is 0 Å². The van der Waals surface area contributed by atoms with Crippen molar-refractivity contribution >= 4 is 23.2 Å². The zero-order valence-corrected chi connectivity index (χ0v) is 16.1. The molecule has 2 N–H and O–H groups in total. The number of carbonyl (C=O) groups excluding carboxylic acids is 2. The van der Waals surface area contributed by atoms with Gasteiger partial charge in [-0.25, -0.2) is 0 Å². The Morgan fingerprint density at radius 1 is 0.846 bits per heavy atom. The van der Waals surface area contributed by atoms with Crippen LogP contribution in [0.4, 0.5) is 11.4 Å². The third kappa shape index (κ3) is 5.70. The van der Waals surface area contributed by atoms with Crippen molar-refractivity contribution in [1.29, 1.82) is 0 Å². The fourth-order valence-corrected chi connectivity index (χ4v) is 2.98. The standard InChI is InChI=1S/C21H27N3O2/c1-14-9-15(2)11-18(10-14)22-19(25)12-24(5)13-20(26)23-21-16(3)7-6-8-17(21)4/h6-11H,12-13H2,1-5H3,(H,22,25)(H,23,26). The summed E-state index contributed by atoms with van der Waals surface area (Å²) in [4.78, 5) is 26.2. The predicted molar refractivity (Wildman–Crippen MR) is 107 cm³/mol. The van der Waals surface area contributed by atoms with Crippen LogP contribution < -0.4 is 10.6 Å². The number of nitrogens with one attached hydrogen (secondary N) is 2. The van der Waals surface area contributed by atoms with Crippen molar-refractivity contribution in [1.82, 2.24) is 4.90 Å². The number of amides is 2. The van der Waals surface area contributed by atoms with E-state index < -0.39 is 0 Å². The zero-order chi connectivity index (χ0) is 19.3. The maximum absolute atomic E-state index is 12.3. The first kappa shape index (κ1) is 19.7. The first-order chi connectivity index (χ1) is 12.2. The van der Waals surface area contributed by atoms with Crippen molar-refractivity contribution in [2.45, 2.75) is 27.7 Å². The molecule has 0 aromatic heterocycles. The smallest absolute Gasteiger partial charge is 0.238 e. The van der Waals surface area contributed by atoms with Crippen LogP contribution in [0.15, 0.2) is 36.4 Å². The van der Waals surface area contributed by atoms with E-state index in [1.54, 1.807) is 11.9 Å². The number of hydrogen-bond donors (Lipinski definition) is 2. The third-order valence-electron chi connectivity index (χ3n) is 4.08. The number of benzene rings is 2. The van der Waals surface area contributed by atoms with Gasteiger partial charge in [0.1, 0.15) is 0 Å². The van der Waals surface area contributed by atoms with E-state index in [1.165, 1.54) is 0 Å². The second kappa shape index (κ2) is 8.63. The van der Waals surface area contributed by atoms with Gasteiger partial charge >= 0.3 is 0 Å². The molecule has 2 aromatic rings. The minimum atomic E-state index is -0.141. The van der Waals surface area contributed by atoms with Crippen LogP contribution in [0.5, 0.6) is 0 Å². The van der Waals surface area contributed by atoms with E-state index in [1.807, 2.05) is 58.0 Å². The van der Waals surface area contributed by atoms with Gasteiger partial charge < -0.3 is 10.6 Å². The Morgan fingerprint density at radius 2 is 1.35 bits per heavy atom. The Bertz CT molecular complexity index is 774. The van der Waals surface area contributed by atoms with Crippen LogP contribution >= 0.6 is 0 Å². The van der Waals surface area contributed by atoms with Crippen molar-refractivity contribution < 1.29 is 9.59 Å². The lowest BCUT2D eigenvalue weighted by molar-refractivity contribution is -0.119. The molecule has 0 saturated carbocycles. The molecular weight excluding hydrogens is 326 g/mol. The minimum Gasteiger partial charge on any atom is -0.325 e. The SMILES string of the molecule is Cc1cc(C)cc(NC(=O)CN(C)CC(=O)Nc2c(C)cccc2C)c1. The summed E-state index contributed by atoms with van der Waals surface area (Å²) in [5, 5.41) is 5.82. The molecule has 5 nitrogen and oxygen atoms in total. The monoisotopic (exact) mass is 353 g/mol. The van der Waals surface area contributed by atoms with E-state index in [0.29, 0.717) is 0 Å². The minimum absolute atomic E-state index is 0.135. The molecule has 2 rings (SSSR count). The van der Waals surface area contributed by atoms with E-state index >= 15 is 0 Å². The fraction of sp³-hybridized carbons (Fsp3) is 0.333. The Kier molecular flexibility index (Phi) is 6.52. The van der Waals surface area contributed by atoms with Gasteiger partial charge in [0.05, 0.1) is 13.1 Å². The van der Waals surface area contributed by atoms with Crippen LogP contribution in [-0.4, -0.2) is 36.9 Å². The van der Waals surface area contributed by atoms with Crippen molar-refractivity contribution in [3.05, 3.63) is 58.7 Å². The lowest BCUT2D eigenvalue weighted by Gasteiger charge is -2.17. The number of hydrogen-bond acceptors (Lipinski definition) is 3. The van der Waals surface area contributed by atoms with E-state index in [2.05, 4.69) is 16.7 Å². The Hall–Kier alpha value is -2.66. The highest BCUT2D eigenvalue weighted by Crippen LogP contribution is 2.19. The normalized spacial score (nSPS) is 10.7. The molecule has 0 heterocycles.